The van der Waals surface area contributed by atoms with Crippen LogP contribution in [0.15, 0.2) is 53.4 Å². The molecule has 0 radical (unpaired) electrons. The lowest BCUT2D eigenvalue weighted by molar-refractivity contribution is 0.243. The maximum Gasteiger partial charge on any atom is 0.342 e. The average molecular weight is 500 g/mol. The van der Waals surface area contributed by atoms with E-state index in [1.807, 2.05) is 24.3 Å². The molecular weight excluding hydrogens is 473 g/mol. The highest BCUT2D eigenvalue weighted by atomic mass is 19.1. The van der Waals surface area contributed by atoms with Crippen molar-refractivity contribution < 1.29 is 13.9 Å². The fraction of sp³-hybridized carbons (Fsp3) is 0.370. The van der Waals surface area contributed by atoms with Crippen LogP contribution in [0.5, 0.6) is 0 Å². The number of piperidine rings is 1. The number of methoxy groups -OCH3 is 1. The normalized spacial score (nSPS) is 28.2. The maximum absolute atomic E-state index is 14.7. The maximum atomic E-state index is 14.7. The number of hydrogen-bond donors (Lipinski definition) is 2. The van der Waals surface area contributed by atoms with Crippen LogP contribution in [0, 0.1) is 17.7 Å². The van der Waals surface area contributed by atoms with Crippen molar-refractivity contribution in [1.82, 2.24) is 25.5 Å². The average Bonchev–Trinajstić information content (AvgIpc) is 3.16. The van der Waals surface area contributed by atoms with Crippen LogP contribution in [0.1, 0.15) is 31.0 Å². The Morgan fingerprint density at radius 2 is 2.11 bits per heavy atom. The molecule has 0 bridgehead atoms. The summed E-state index contributed by atoms with van der Waals surface area (Å²) in [6.07, 6.45) is 7.38. The minimum atomic E-state index is -0.388. The van der Waals surface area contributed by atoms with Crippen molar-refractivity contribution in [2.75, 3.05) is 25.1 Å². The number of halogens is 1. The molecule has 1 saturated heterocycles. The minimum absolute atomic E-state index is 0.103. The molecule has 0 spiro atoms. The Balaban J connectivity index is 1.17. The number of nitrogens with one attached hydrogen (secondary N) is 2. The van der Waals surface area contributed by atoms with E-state index in [4.69, 9.17) is 14.7 Å². The minimum Gasteiger partial charge on any atom is -0.498 e. The van der Waals surface area contributed by atoms with Crippen molar-refractivity contribution in [3.63, 3.8) is 0 Å². The molecule has 2 amide bonds. The van der Waals surface area contributed by atoms with Gasteiger partial charge in [-0.25, -0.2) is 19.2 Å². The molecule has 10 heteroatoms. The molecule has 1 saturated carbocycles. The van der Waals surface area contributed by atoms with Gasteiger partial charge in [0.25, 0.3) is 0 Å². The monoisotopic (exact) mass is 499 g/mol. The number of carbonyl (C=O) groups is 1. The standard InChI is InChI=1S/C27H26FN7O2/c1-3-27(16-6-4-5-7-18(16)28)15-8-9-35(13-17(15)27)21-12-29-24-22(33-34-25(24)31-21)14-10-19-23(20(11-14)37-2)32-26(36)30-19/h4-7,10-12,15,17,23H,3,8-9,13H2,1-2H3,(H,32,36)(H,31,33,34)/t15-,17+,23?,27-/m1/s1. The Morgan fingerprint density at radius 1 is 1.24 bits per heavy atom. The molecule has 2 aliphatic carbocycles. The molecule has 37 heavy (non-hydrogen) atoms. The smallest absolute Gasteiger partial charge is 0.342 e. The van der Waals surface area contributed by atoms with Gasteiger partial charge in [0.2, 0.25) is 5.65 Å². The summed E-state index contributed by atoms with van der Waals surface area (Å²) >= 11 is 0. The number of benzene rings is 1. The van der Waals surface area contributed by atoms with E-state index < -0.39 is 0 Å². The predicted molar refractivity (Wildman–Crippen MR) is 137 cm³/mol. The van der Waals surface area contributed by atoms with E-state index in [2.05, 4.69) is 32.3 Å². The van der Waals surface area contributed by atoms with Crippen LogP contribution >= 0.6 is 0 Å². The van der Waals surface area contributed by atoms with Gasteiger partial charge in [-0.2, -0.15) is 10.1 Å². The highest BCUT2D eigenvalue weighted by Crippen LogP contribution is 2.65. The van der Waals surface area contributed by atoms with Crippen LogP contribution < -0.4 is 10.2 Å². The first kappa shape index (κ1) is 22.1. The number of ether oxygens (including phenoxy) is 1. The van der Waals surface area contributed by atoms with Crippen molar-refractivity contribution in [3.05, 3.63) is 65.4 Å². The molecule has 1 unspecified atom stereocenters. The summed E-state index contributed by atoms with van der Waals surface area (Å²) in [6.45, 7) is 3.83. The lowest BCUT2D eigenvalue weighted by atomic mass is 9.88. The number of carbonyl (C=O) groups excluding carboxylic acids is 1. The Hall–Kier alpha value is -4.08. The molecule has 2 fully saturated rings. The van der Waals surface area contributed by atoms with Crippen LogP contribution in [0.2, 0.25) is 0 Å². The van der Waals surface area contributed by atoms with Crippen LogP contribution in [0.3, 0.4) is 0 Å². The summed E-state index contributed by atoms with van der Waals surface area (Å²) in [5.41, 5.74) is 3.94. The molecule has 1 aromatic carbocycles. The lowest BCUT2D eigenvalue weighted by Crippen LogP contribution is -2.35. The van der Waals surface area contributed by atoms with Gasteiger partial charge in [0.05, 0.1) is 24.7 Å². The number of fused-ring (bicyclic) bond motifs is 3. The molecule has 7 rings (SSSR count). The van der Waals surface area contributed by atoms with Crippen molar-refractivity contribution >= 4 is 34.3 Å². The first-order valence-electron chi connectivity index (χ1n) is 12.6. The number of anilines is 1. The van der Waals surface area contributed by atoms with E-state index in [0.717, 1.165) is 42.9 Å². The lowest BCUT2D eigenvalue weighted by Gasteiger charge is -2.26. The Morgan fingerprint density at radius 3 is 2.92 bits per heavy atom. The number of aromatic amines is 1. The number of H-pyrrole nitrogens is 1. The van der Waals surface area contributed by atoms with Gasteiger partial charge in [-0.1, -0.05) is 25.1 Å². The summed E-state index contributed by atoms with van der Waals surface area (Å²) in [4.78, 5) is 27.6. The number of aliphatic imine (C=N–C) groups is 1. The molecule has 4 aliphatic rings. The van der Waals surface area contributed by atoms with E-state index in [1.54, 1.807) is 25.4 Å². The number of nitrogens with zero attached hydrogens (tertiary/aromatic N) is 5. The van der Waals surface area contributed by atoms with Crippen molar-refractivity contribution in [2.45, 2.75) is 31.2 Å². The predicted octanol–water partition coefficient (Wildman–Crippen LogP) is 3.76. The van der Waals surface area contributed by atoms with Crippen LogP contribution in [-0.2, 0) is 10.2 Å². The van der Waals surface area contributed by atoms with Gasteiger partial charge in [0.15, 0.2) is 0 Å². The highest BCUT2D eigenvalue weighted by molar-refractivity contribution is 6.17. The van der Waals surface area contributed by atoms with Gasteiger partial charge in [-0.05, 0) is 48.5 Å². The first-order chi connectivity index (χ1) is 18.0. The summed E-state index contributed by atoms with van der Waals surface area (Å²) in [6, 6.07) is 6.46. The molecule has 188 valence electrons. The fourth-order valence-electron chi connectivity index (χ4n) is 6.78. The Labute approximate surface area is 212 Å². The van der Waals surface area contributed by atoms with Gasteiger partial charge < -0.3 is 15.0 Å². The number of aromatic nitrogens is 4. The number of rotatable bonds is 5. The summed E-state index contributed by atoms with van der Waals surface area (Å²) < 4.78 is 20.2. The summed E-state index contributed by atoms with van der Waals surface area (Å²) in [5.74, 6) is 2.14. The molecule has 2 N–H and O–H groups in total. The van der Waals surface area contributed by atoms with Crippen LogP contribution in [0.4, 0.5) is 15.0 Å². The van der Waals surface area contributed by atoms with Crippen LogP contribution in [-0.4, -0.2) is 58.1 Å². The molecule has 3 aromatic rings. The number of amides is 2. The summed E-state index contributed by atoms with van der Waals surface area (Å²) in [7, 11) is 1.57. The van der Waals surface area contributed by atoms with E-state index in [1.165, 1.54) is 0 Å². The topological polar surface area (TPSA) is 108 Å². The molecule has 2 aromatic heterocycles. The largest absolute Gasteiger partial charge is 0.498 e. The van der Waals surface area contributed by atoms with Gasteiger partial charge in [0.1, 0.15) is 29.0 Å². The summed E-state index contributed by atoms with van der Waals surface area (Å²) in [5, 5.41) is 10.3. The van der Waals surface area contributed by atoms with Crippen molar-refractivity contribution in [2.24, 2.45) is 16.8 Å². The Bertz CT molecular complexity index is 1540. The Kier molecular flexibility index (Phi) is 4.76. The SMILES string of the molecule is CC[C@]1(c2ccccc2F)[C@@H]2CCN(c3cnc4c(C5=CC6=NC(=O)NC6C(OC)=C5)[nH]nc4n3)C[C@@H]21. The van der Waals surface area contributed by atoms with Crippen LogP contribution in [0.25, 0.3) is 16.7 Å². The van der Waals surface area contributed by atoms with Crippen molar-refractivity contribution in [1.29, 1.82) is 0 Å². The van der Waals surface area contributed by atoms with Gasteiger partial charge >= 0.3 is 6.03 Å². The molecular formula is C27H26FN7O2. The third kappa shape index (κ3) is 3.17. The number of urea groups is 1. The van der Waals surface area contributed by atoms with E-state index in [0.29, 0.717) is 40.2 Å². The third-order valence-electron chi connectivity index (χ3n) is 8.57. The zero-order chi connectivity index (χ0) is 25.3. The second-order valence-electron chi connectivity index (χ2n) is 10.1. The third-order valence-corrected chi connectivity index (χ3v) is 8.57. The van der Waals surface area contributed by atoms with E-state index >= 15 is 0 Å². The van der Waals surface area contributed by atoms with Gasteiger partial charge in [-0.3, -0.25) is 5.10 Å². The number of allylic oxidation sites excluding steroid dienone is 2. The fourth-order valence-corrected chi connectivity index (χ4v) is 6.78. The van der Waals surface area contributed by atoms with E-state index in [9.17, 15) is 9.18 Å². The molecule has 4 atom stereocenters. The highest BCUT2D eigenvalue weighted by Gasteiger charge is 2.65. The number of hydrogen-bond acceptors (Lipinski definition) is 6. The quantitative estimate of drug-likeness (QED) is 0.554. The zero-order valence-electron chi connectivity index (χ0n) is 20.5. The zero-order valence-corrected chi connectivity index (χ0v) is 20.5. The second-order valence-corrected chi connectivity index (χ2v) is 10.1. The molecule has 9 nitrogen and oxygen atoms in total. The molecule has 4 heterocycles. The van der Waals surface area contributed by atoms with E-state index in [-0.39, 0.29) is 23.3 Å². The first-order valence-corrected chi connectivity index (χ1v) is 12.6. The molecule has 2 aliphatic heterocycles. The van der Waals surface area contributed by atoms with Crippen molar-refractivity contribution in [3.8, 4) is 0 Å². The second kappa shape index (κ2) is 7.96. The van der Waals surface area contributed by atoms with Gasteiger partial charge in [-0.15, -0.1) is 0 Å². The van der Waals surface area contributed by atoms with Gasteiger partial charge in [0, 0.05) is 24.1 Å².